The zero-order valence-corrected chi connectivity index (χ0v) is 15.3. The van der Waals surface area contributed by atoms with E-state index in [1.54, 1.807) is 6.20 Å². The molecule has 2 aliphatic carbocycles. The number of amides is 1. The van der Waals surface area contributed by atoms with E-state index in [1.165, 1.54) is 11.1 Å². The van der Waals surface area contributed by atoms with Crippen LogP contribution >= 0.6 is 0 Å². The van der Waals surface area contributed by atoms with Crippen LogP contribution in [0, 0.1) is 0 Å². The van der Waals surface area contributed by atoms with E-state index >= 15 is 0 Å². The van der Waals surface area contributed by atoms with Crippen LogP contribution in [0.15, 0.2) is 64.8 Å². The Morgan fingerprint density at radius 3 is 2.59 bits per heavy atom. The summed E-state index contributed by atoms with van der Waals surface area (Å²) in [6, 6.07) is 14.7. The summed E-state index contributed by atoms with van der Waals surface area (Å²) >= 11 is 0. The van der Waals surface area contributed by atoms with Crippen molar-refractivity contribution in [3.8, 4) is 11.3 Å². The van der Waals surface area contributed by atoms with Crippen LogP contribution < -0.4 is 0 Å². The fraction of sp³-hybridized carbons (Fsp3) is 0.348. The van der Waals surface area contributed by atoms with Gasteiger partial charge in [0.15, 0.2) is 0 Å². The highest BCUT2D eigenvalue weighted by Crippen LogP contribution is 2.37. The zero-order valence-electron chi connectivity index (χ0n) is 15.3. The van der Waals surface area contributed by atoms with Crippen molar-refractivity contribution >= 4 is 12.1 Å². The van der Waals surface area contributed by atoms with Gasteiger partial charge in [-0.2, -0.15) is 0 Å². The first-order valence-corrected chi connectivity index (χ1v) is 9.84. The average molecular weight is 357 g/mol. The Labute approximate surface area is 159 Å². The number of aliphatic imine (C=N–C) groups is 1. The van der Waals surface area contributed by atoms with Crippen molar-refractivity contribution in [3.63, 3.8) is 0 Å². The SMILES string of the molecule is O=C(c1ccc(-c2ccccc2)nc1)N(C1CC1)C1CCC2=C(C=NC2)C1. The number of hydrogen-bond donors (Lipinski definition) is 0. The van der Waals surface area contributed by atoms with Crippen LogP contribution in [-0.4, -0.2) is 40.6 Å². The summed E-state index contributed by atoms with van der Waals surface area (Å²) in [4.78, 5) is 24.4. The molecule has 1 aliphatic heterocycles. The summed E-state index contributed by atoms with van der Waals surface area (Å²) in [6.07, 6.45) is 9.09. The molecule has 0 saturated heterocycles. The Balaban J connectivity index is 1.37. The number of carbonyl (C=O) groups is 1. The van der Waals surface area contributed by atoms with E-state index in [2.05, 4.69) is 14.9 Å². The van der Waals surface area contributed by atoms with E-state index in [9.17, 15) is 4.79 Å². The lowest BCUT2D eigenvalue weighted by Crippen LogP contribution is -2.43. The van der Waals surface area contributed by atoms with Crippen molar-refractivity contribution in [3.05, 3.63) is 65.4 Å². The highest BCUT2D eigenvalue weighted by molar-refractivity contribution is 5.95. The van der Waals surface area contributed by atoms with E-state index in [0.29, 0.717) is 17.6 Å². The fourth-order valence-electron chi connectivity index (χ4n) is 4.26. The predicted octanol–water partition coefficient (Wildman–Crippen LogP) is 4.29. The Morgan fingerprint density at radius 1 is 1.00 bits per heavy atom. The molecule has 1 aromatic heterocycles. The third-order valence-corrected chi connectivity index (χ3v) is 5.87. The van der Waals surface area contributed by atoms with Crippen LogP contribution in [0.1, 0.15) is 42.5 Å². The predicted molar refractivity (Wildman–Crippen MR) is 107 cm³/mol. The van der Waals surface area contributed by atoms with Gasteiger partial charge in [0, 0.05) is 30.1 Å². The molecule has 0 spiro atoms. The standard InChI is InChI=1S/C23H23N3O/c27-23(18-7-11-22(25-15-18)16-4-2-1-3-5-16)26(20-9-10-20)21-8-6-17-13-24-14-19(17)12-21/h1-5,7,11,14-15,20-21H,6,8-10,12-13H2. The molecule has 5 rings (SSSR count). The average Bonchev–Trinajstić information content (AvgIpc) is 3.44. The Morgan fingerprint density at radius 2 is 1.85 bits per heavy atom. The third-order valence-electron chi connectivity index (χ3n) is 5.87. The van der Waals surface area contributed by atoms with Gasteiger partial charge in [0.25, 0.3) is 5.91 Å². The summed E-state index contributed by atoms with van der Waals surface area (Å²) in [6.45, 7) is 0.865. The van der Waals surface area contributed by atoms with Crippen LogP contribution in [0.4, 0.5) is 0 Å². The van der Waals surface area contributed by atoms with E-state index in [1.807, 2.05) is 48.7 Å². The minimum Gasteiger partial charge on any atom is -0.332 e. The van der Waals surface area contributed by atoms with Gasteiger partial charge in [0.1, 0.15) is 0 Å². The van der Waals surface area contributed by atoms with Gasteiger partial charge in [-0.3, -0.25) is 14.8 Å². The first-order chi connectivity index (χ1) is 13.3. The second kappa shape index (κ2) is 6.76. The zero-order chi connectivity index (χ0) is 18.2. The van der Waals surface area contributed by atoms with Crippen molar-refractivity contribution in [2.75, 3.05) is 6.54 Å². The molecule has 27 heavy (non-hydrogen) atoms. The van der Waals surface area contributed by atoms with Crippen LogP contribution in [0.3, 0.4) is 0 Å². The lowest BCUT2D eigenvalue weighted by Gasteiger charge is -2.35. The number of pyridine rings is 1. The maximum atomic E-state index is 13.3. The molecule has 136 valence electrons. The summed E-state index contributed by atoms with van der Waals surface area (Å²) in [5.41, 5.74) is 5.51. The number of hydrogen-bond acceptors (Lipinski definition) is 3. The van der Waals surface area contributed by atoms with Crippen molar-refractivity contribution in [1.29, 1.82) is 0 Å². The number of aromatic nitrogens is 1. The van der Waals surface area contributed by atoms with Crippen molar-refractivity contribution in [2.24, 2.45) is 4.99 Å². The molecule has 0 bridgehead atoms. The van der Waals surface area contributed by atoms with Gasteiger partial charge in [0.05, 0.1) is 17.8 Å². The molecule has 1 saturated carbocycles. The van der Waals surface area contributed by atoms with Crippen molar-refractivity contribution in [2.45, 2.75) is 44.2 Å². The van der Waals surface area contributed by atoms with Gasteiger partial charge in [0.2, 0.25) is 0 Å². The van der Waals surface area contributed by atoms with Crippen LogP contribution in [0.25, 0.3) is 11.3 Å². The number of rotatable bonds is 4. The van der Waals surface area contributed by atoms with Crippen LogP contribution in [0.2, 0.25) is 0 Å². The second-order valence-corrected chi connectivity index (χ2v) is 7.74. The van der Waals surface area contributed by atoms with Crippen molar-refractivity contribution in [1.82, 2.24) is 9.88 Å². The summed E-state index contributed by atoms with van der Waals surface area (Å²) in [7, 11) is 0. The van der Waals surface area contributed by atoms with Gasteiger partial charge in [-0.25, -0.2) is 0 Å². The Kier molecular flexibility index (Phi) is 4.12. The van der Waals surface area contributed by atoms with Gasteiger partial charge in [-0.05, 0) is 55.4 Å². The van der Waals surface area contributed by atoms with Crippen LogP contribution in [0.5, 0.6) is 0 Å². The molecule has 1 unspecified atom stereocenters. The number of benzene rings is 1. The highest BCUT2D eigenvalue weighted by atomic mass is 16.2. The van der Waals surface area contributed by atoms with Gasteiger partial charge in [-0.15, -0.1) is 0 Å². The second-order valence-electron chi connectivity index (χ2n) is 7.74. The molecule has 1 amide bonds. The Hall–Kier alpha value is -2.75. The summed E-state index contributed by atoms with van der Waals surface area (Å²) in [5.74, 6) is 0.133. The van der Waals surface area contributed by atoms with E-state index in [4.69, 9.17) is 0 Å². The molecular formula is C23H23N3O. The molecule has 2 aromatic rings. The molecule has 4 heteroatoms. The lowest BCUT2D eigenvalue weighted by molar-refractivity contribution is 0.0645. The van der Waals surface area contributed by atoms with Crippen molar-refractivity contribution < 1.29 is 4.79 Å². The molecule has 0 N–H and O–H groups in total. The lowest BCUT2D eigenvalue weighted by atomic mass is 9.88. The first-order valence-electron chi connectivity index (χ1n) is 9.84. The van der Waals surface area contributed by atoms with E-state index < -0.39 is 0 Å². The third kappa shape index (κ3) is 3.20. The monoisotopic (exact) mass is 357 g/mol. The molecule has 1 atom stereocenters. The summed E-state index contributed by atoms with van der Waals surface area (Å²) < 4.78 is 0. The maximum absolute atomic E-state index is 13.3. The van der Waals surface area contributed by atoms with Gasteiger partial charge < -0.3 is 4.90 Å². The fourth-order valence-corrected chi connectivity index (χ4v) is 4.26. The highest BCUT2D eigenvalue weighted by Gasteiger charge is 2.39. The Bertz CT molecular complexity index is 910. The molecule has 4 nitrogen and oxygen atoms in total. The largest absolute Gasteiger partial charge is 0.332 e. The molecular weight excluding hydrogens is 334 g/mol. The molecule has 2 heterocycles. The normalized spacial score (nSPS) is 21.3. The molecule has 0 radical (unpaired) electrons. The molecule has 3 aliphatic rings. The quantitative estimate of drug-likeness (QED) is 0.819. The maximum Gasteiger partial charge on any atom is 0.255 e. The van der Waals surface area contributed by atoms with Gasteiger partial charge >= 0.3 is 0 Å². The number of carbonyl (C=O) groups excluding carboxylic acids is 1. The van der Waals surface area contributed by atoms with Crippen LogP contribution in [-0.2, 0) is 0 Å². The molecule has 1 aromatic carbocycles. The summed E-state index contributed by atoms with van der Waals surface area (Å²) in [5, 5.41) is 0. The van der Waals surface area contributed by atoms with Gasteiger partial charge in [-0.1, -0.05) is 30.3 Å². The minimum absolute atomic E-state index is 0.133. The van der Waals surface area contributed by atoms with E-state index in [0.717, 1.165) is 49.9 Å². The van der Waals surface area contributed by atoms with E-state index in [-0.39, 0.29) is 5.91 Å². The minimum atomic E-state index is 0.133. The smallest absolute Gasteiger partial charge is 0.255 e. The topological polar surface area (TPSA) is 45.6 Å². The number of nitrogens with zero attached hydrogens (tertiary/aromatic N) is 3. The molecule has 1 fully saturated rings. The first kappa shape index (κ1) is 16.4.